The summed E-state index contributed by atoms with van der Waals surface area (Å²) in [5, 5.41) is 9.73. The molecule has 1 N–H and O–H groups in total. The fourth-order valence-corrected chi connectivity index (χ4v) is 4.17. The largest absolute Gasteiger partial charge is 0.477 e. The molecule has 28 heavy (non-hydrogen) atoms. The quantitative estimate of drug-likeness (QED) is 0.658. The summed E-state index contributed by atoms with van der Waals surface area (Å²) in [5.41, 5.74) is -0.0898. The van der Waals surface area contributed by atoms with Crippen molar-refractivity contribution in [3.8, 4) is 0 Å². The molecule has 4 rings (SSSR count). The maximum atomic E-state index is 15.1. The number of aromatic carboxylic acids is 1. The lowest BCUT2D eigenvalue weighted by atomic mass is 9.93. The molecule has 8 heteroatoms. The first-order valence-electron chi connectivity index (χ1n) is 8.89. The van der Waals surface area contributed by atoms with Gasteiger partial charge >= 0.3 is 5.97 Å². The molecule has 0 bridgehead atoms. The van der Waals surface area contributed by atoms with Gasteiger partial charge in [0.05, 0.1) is 22.8 Å². The molecule has 3 aromatic rings. The summed E-state index contributed by atoms with van der Waals surface area (Å²) in [5.74, 6) is -2.04. The number of carboxylic acid groups (broad SMARTS) is 1. The fraction of sp³-hybridized carbons (Fsp3) is 0.350. The lowest BCUT2D eigenvalue weighted by Crippen LogP contribution is -2.23. The van der Waals surface area contributed by atoms with Crippen LogP contribution in [-0.4, -0.2) is 33.7 Å². The van der Waals surface area contributed by atoms with Crippen LogP contribution in [0.15, 0.2) is 23.3 Å². The van der Waals surface area contributed by atoms with Crippen molar-refractivity contribution in [3.63, 3.8) is 0 Å². The van der Waals surface area contributed by atoms with E-state index in [1.807, 2.05) is 4.90 Å². The molecule has 0 amide bonds. The molecule has 146 valence electrons. The van der Waals surface area contributed by atoms with Gasteiger partial charge in [-0.3, -0.25) is 9.78 Å². The highest BCUT2D eigenvalue weighted by molar-refractivity contribution is 6.34. The predicted molar refractivity (Wildman–Crippen MR) is 107 cm³/mol. The van der Waals surface area contributed by atoms with E-state index in [4.69, 9.17) is 11.6 Å². The van der Waals surface area contributed by atoms with Gasteiger partial charge in [0, 0.05) is 31.7 Å². The first-order valence-corrected chi connectivity index (χ1v) is 9.27. The van der Waals surface area contributed by atoms with Crippen LogP contribution in [0.3, 0.4) is 0 Å². The number of fused-ring (bicyclic) bond motifs is 3. The summed E-state index contributed by atoms with van der Waals surface area (Å²) < 4.78 is 16.6. The molecule has 1 aliphatic rings. The van der Waals surface area contributed by atoms with Crippen molar-refractivity contribution in [1.82, 2.24) is 9.55 Å². The molecule has 2 aromatic heterocycles. The normalized spacial score (nSPS) is 16.2. The Hall–Kier alpha value is -2.67. The molecular formula is C20H19ClFN3O3. The van der Waals surface area contributed by atoms with Crippen LogP contribution in [-0.2, 0) is 7.05 Å². The number of rotatable bonds is 2. The van der Waals surface area contributed by atoms with Crippen molar-refractivity contribution in [2.75, 3.05) is 18.0 Å². The van der Waals surface area contributed by atoms with Crippen LogP contribution in [0.25, 0.3) is 21.8 Å². The van der Waals surface area contributed by atoms with Crippen molar-refractivity contribution in [1.29, 1.82) is 0 Å². The van der Waals surface area contributed by atoms with Gasteiger partial charge in [-0.25, -0.2) is 9.18 Å². The summed E-state index contributed by atoms with van der Waals surface area (Å²) in [7, 11) is 1.62. The van der Waals surface area contributed by atoms with Gasteiger partial charge in [0.1, 0.15) is 16.1 Å². The van der Waals surface area contributed by atoms with E-state index in [0.29, 0.717) is 24.3 Å². The van der Waals surface area contributed by atoms with Crippen LogP contribution >= 0.6 is 11.6 Å². The number of hydrogen-bond acceptors (Lipinski definition) is 4. The first kappa shape index (κ1) is 18.7. The molecule has 0 saturated carbocycles. The third-order valence-corrected chi connectivity index (χ3v) is 5.79. The number of anilines is 1. The molecule has 1 saturated heterocycles. The van der Waals surface area contributed by atoms with E-state index in [0.717, 1.165) is 6.42 Å². The summed E-state index contributed by atoms with van der Waals surface area (Å²) in [6.45, 7) is 5.68. The molecule has 0 atom stereocenters. The minimum Gasteiger partial charge on any atom is -0.477 e. The highest BCUT2D eigenvalue weighted by atomic mass is 35.5. The third kappa shape index (κ3) is 2.73. The number of halogens is 2. The molecule has 0 aliphatic carbocycles. The number of carboxylic acids is 1. The van der Waals surface area contributed by atoms with Gasteiger partial charge in [0.25, 0.3) is 0 Å². The minimum absolute atomic E-state index is 0.0386. The van der Waals surface area contributed by atoms with Gasteiger partial charge < -0.3 is 14.6 Å². The summed E-state index contributed by atoms with van der Waals surface area (Å²) >= 11 is 6.32. The first-order chi connectivity index (χ1) is 13.1. The average molecular weight is 404 g/mol. The smallest absolute Gasteiger partial charge is 0.341 e. The molecule has 0 radical (unpaired) electrons. The van der Waals surface area contributed by atoms with Gasteiger partial charge in [-0.2, -0.15) is 0 Å². The van der Waals surface area contributed by atoms with E-state index in [2.05, 4.69) is 18.8 Å². The van der Waals surface area contributed by atoms with Gasteiger partial charge in [-0.05, 0) is 17.9 Å². The van der Waals surface area contributed by atoms with Crippen molar-refractivity contribution in [2.24, 2.45) is 12.5 Å². The van der Waals surface area contributed by atoms with Crippen LogP contribution in [0.1, 0.15) is 30.6 Å². The van der Waals surface area contributed by atoms with Gasteiger partial charge in [-0.1, -0.05) is 25.4 Å². The Kier molecular flexibility index (Phi) is 4.12. The Bertz CT molecular complexity index is 1220. The molecule has 0 unspecified atom stereocenters. The Labute approximate surface area is 165 Å². The lowest BCUT2D eigenvalue weighted by Gasteiger charge is -2.23. The molecule has 1 aromatic carbocycles. The molecule has 1 fully saturated rings. The van der Waals surface area contributed by atoms with Crippen molar-refractivity contribution in [2.45, 2.75) is 20.3 Å². The number of nitrogens with zero attached hydrogens (tertiary/aromatic N) is 3. The van der Waals surface area contributed by atoms with Crippen molar-refractivity contribution < 1.29 is 14.3 Å². The van der Waals surface area contributed by atoms with E-state index in [1.165, 1.54) is 17.0 Å². The highest BCUT2D eigenvalue weighted by Gasteiger charge is 2.31. The number of hydrogen-bond donors (Lipinski definition) is 1. The Balaban J connectivity index is 2.10. The SMILES string of the molecule is Cn1cc(C(=O)O)c(=O)c2c3cc(N4CCC(C)(C)C4)c(Cl)c(F)c3ncc21. The van der Waals surface area contributed by atoms with Gasteiger partial charge in [-0.15, -0.1) is 0 Å². The summed E-state index contributed by atoms with van der Waals surface area (Å²) in [6.07, 6.45) is 3.54. The number of aryl methyl sites for hydroxylation is 1. The maximum Gasteiger partial charge on any atom is 0.341 e. The summed E-state index contributed by atoms with van der Waals surface area (Å²) in [4.78, 5) is 30.5. The Morgan fingerprint density at radius 3 is 2.71 bits per heavy atom. The Morgan fingerprint density at radius 2 is 2.11 bits per heavy atom. The third-order valence-electron chi connectivity index (χ3n) is 5.43. The van der Waals surface area contributed by atoms with Crippen LogP contribution in [0.4, 0.5) is 10.1 Å². The van der Waals surface area contributed by atoms with E-state index in [-0.39, 0.29) is 32.3 Å². The number of carbonyl (C=O) groups is 1. The zero-order chi connectivity index (χ0) is 20.4. The molecule has 3 heterocycles. The number of aromatic nitrogens is 2. The van der Waals surface area contributed by atoms with Crippen LogP contribution in [0.5, 0.6) is 0 Å². The molecule has 1 aliphatic heterocycles. The van der Waals surface area contributed by atoms with Crippen LogP contribution in [0, 0.1) is 11.2 Å². The van der Waals surface area contributed by atoms with Gasteiger partial charge in [0.2, 0.25) is 5.43 Å². The topological polar surface area (TPSA) is 75.4 Å². The standard InChI is InChI=1S/C20H19ClFN3O3/c1-20(2)4-5-25(9-20)12-6-10-14-13(7-23-17(10)16(22)15(12)21)24(3)8-11(18(14)26)19(27)28/h6-8H,4-5,9H2,1-3H3,(H,27,28). The second kappa shape index (κ2) is 6.17. The maximum absolute atomic E-state index is 15.1. The average Bonchev–Trinajstić information content (AvgIpc) is 2.99. The fourth-order valence-electron chi connectivity index (χ4n) is 3.91. The molecule has 6 nitrogen and oxygen atoms in total. The van der Waals surface area contributed by atoms with Crippen LogP contribution in [0.2, 0.25) is 5.02 Å². The highest BCUT2D eigenvalue weighted by Crippen LogP contribution is 2.40. The zero-order valence-corrected chi connectivity index (χ0v) is 16.5. The van der Waals surface area contributed by atoms with E-state index in [1.54, 1.807) is 13.1 Å². The van der Waals surface area contributed by atoms with Crippen molar-refractivity contribution in [3.05, 3.63) is 45.1 Å². The minimum atomic E-state index is -1.33. The zero-order valence-electron chi connectivity index (χ0n) is 15.7. The molecular weight excluding hydrogens is 385 g/mol. The second-order valence-corrected chi connectivity index (χ2v) is 8.44. The van der Waals surface area contributed by atoms with E-state index >= 15 is 4.39 Å². The summed E-state index contributed by atoms with van der Waals surface area (Å²) in [6, 6.07) is 1.66. The van der Waals surface area contributed by atoms with E-state index in [9.17, 15) is 14.7 Å². The van der Waals surface area contributed by atoms with Crippen molar-refractivity contribution >= 4 is 45.1 Å². The molecule has 0 spiro atoms. The number of benzene rings is 1. The lowest BCUT2D eigenvalue weighted by molar-refractivity contribution is 0.0695. The second-order valence-electron chi connectivity index (χ2n) is 8.06. The number of pyridine rings is 2. The van der Waals surface area contributed by atoms with E-state index < -0.39 is 17.2 Å². The van der Waals surface area contributed by atoms with Crippen LogP contribution < -0.4 is 10.3 Å². The monoisotopic (exact) mass is 403 g/mol. The Morgan fingerprint density at radius 1 is 1.39 bits per heavy atom. The van der Waals surface area contributed by atoms with Gasteiger partial charge in [0.15, 0.2) is 5.82 Å². The predicted octanol–water partition coefficient (Wildman–Crippen LogP) is 3.81.